The first-order chi connectivity index (χ1) is 8.84. The van der Waals surface area contributed by atoms with Gasteiger partial charge in [0.05, 0.1) is 0 Å². The quantitative estimate of drug-likeness (QED) is 0.489. The molecule has 0 aromatic heterocycles. The Morgan fingerprint density at radius 2 is 1.72 bits per heavy atom. The van der Waals surface area contributed by atoms with E-state index in [9.17, 15) is 0 Å². The molecular weight excluding hydrogens is 216 g/mol. The van der Waals surface area contributed by atoms with E-state index in [1.54, 1.807) is 11.1 Å². The molecule has 0 unspecified atom stereocenters. The summed E-state index contributed by atoms with van der Waals surface area (Å²) in [6.45, 7) is 2.22. The van der Waals surface area contributed by atoms with Crippen molar-refractivity contribution in [1.82, 2.24) is 0 Å². The average molecular weight is 232 g/mol. The van der Waals surface area contributed by atoms with E-state index in [1.165, 1.54) is 46.4 Å². The fraction of sp³-hybridized carbons (Fsp3) is 0.222. The highest BCUT2D eigenvalue weighted by Crippen LogP contribution is 2.34. The second kappa shape index (κ2) is 3.58. The molecule has 0 aliphatic heterocycles. The van der Waals surface area contributed by atoms with Crippen LogP contribution in [0.4, 0.5) is 0 Å². The van der Waals surface area contributed by atoms with E-state index >= 15 is 0 Å². The van der Waals surface area contributed by atoms with Gasteiger partial charge in [-0.2, -0.15) is 0 Å². The first kappa shape index (κ1) is 10.1. The van der Waals surface area contributed by atoms with Gasteiger partial charge in [-0.3, -0.25) is 0 Å². The van der Waals surface area contributed by atoms with Crippen molar-refractivity contribution in [3.63, 3.8) is 0 Å². The van der Waals surface area contributed by atoms with Crippen LogP contribution in [0.2, 0.25) is 0 Å². The van der Waals surface area contributed by atoms with Gasteiger partial charge in [-0.25, -0.2) is 0 Å². The minimum atomic E-state index is 1.25. The SMILES string of the molecule is Cc1cccc2ccc3c4c(ccc3c12)CCC4. The standard InChI is InChI=1S/C18H16/c1-12-4-2-6-14-9-10-16-15-7-3-5-13(15)8-11-17(16)18(12)14/h2,4,6,8-11H,3,5,7H2,1H3. The highest BCUT2D eigenvalue weighted by atomic mass is 14.2. The zero-order valence-electron chi connectivity index (χ0n) is 10.7. The molecule has 18 heavy (non-hydrogen) atoms. The minimum absolute atomic E-state index is 1.25. The Kier molecular flexibility index (Phi) is 2.02. The second-order valence-electron chi connectivity index (χ2n) is 5.39. The molecule has 0 heteroatoms. The van der Waals surface area contributed by atoms with Crippen LogP contribution in [0.25, 0.3) is 21.5 Å². The molecule has 88 valence electrons. The van der Waals surface area contributed by atoms with Crippen LogP contribution in [-0.4, -0.2) is 0 Å². The van der Waals surface area contributed by atoms with E-state index in [2.05, 4.69) is 49.4 Å². The predicted octanol–water partition coefficient (Wildman–Crippen LogP) is 4.79. The summed E-state index contributed by atoms with van der Waals surface area (Å²) < 4.78 is 0. The van der Waals surface area contributed by atoms with Gasteiger partial charge >= 0.3 is 0 Å². The van der Waals surface area contributed by atoms with Crippen LogP contribution in [0.1, 0.15) is 23.1 Å². The Morgan fingerprint density at radius 3 is 2.67 bits per heavy atom. The molecule has 0 spiro atoms. The van der Waals surface area contributed by atoms with E-state index in [0.717, 1.165) is 0 Å². The number of rotatable bonds is 0. The first-order valence-electron chi connectivity index (χ1n) is 6.77. The molecule has 0 saturated carbocycles. The zero-order chi connectivity index (χ0) is 12.1. The van der Waals surface area contributed by atoms with Crippen molar-refractivity contribution in [2.75, 3.05) is 0 Å². The summed E-state index contributed by atoms with van der Waals surface area (Å²) in [5.41, 5.74) is 4.55. The highest BCUT2D eigenvalue weighted by Gasteiger charge is 2.14. The zero-order valence-corrected chi connectivity index (χ0v) is 10.7. The molecule has 3 aromatic carbocycles. The monoisotopic (exact) mass is 232 g/mol. The van der Waals surface area contributed by atoms with Crippen molar-refractivity contribution in [2.45, 2.75) is 26.2 Å². The van der Waals surface area contributed by atoms with Gasteiger partial charge in [0, 0.05) is 0 Å². The maximum absolute atomic E-state index is 2.34. The molecule has 1 aliphatic carbocycles. The molecule has 3 aromatic rings. The number of aryl methyl sites for hydroxylation is 3. The fourth-order valence-corrected chi connectivity index (χ4v) is 3.47. The van der Waals surface area contributed by atoms with Crippen LogP contribution in [0.3, 0.4) is 0 Å². The summed E-state index contributed by atoms with van der Waals surface area (Å²) in [4.78, 5) is 0. The Balaban J connectivity index is 2.24. The van der Waals surface area contributed by atoms with Crippen LogP contribution in [0.15, 0.2) is 42.5 Å². The van der Waals surface area contributed by atoms with E-state index in [1.807, 2.05) is 0 Å². The topological polar surface area (TPSA) is 0 Å². The van der Waals surface area contributed by atoms with Crippen LogP contribution in [-0.2, 0) is 12.8 Å². The summed E-state index contributed by atoms with van der Waals surface area (Å²) in [6.07, 6.45) is 3.83. The van der Waals surface area contributed by atoms with Crippen molar-refractivity contribution < 1.29 is 0 Å². The third-order valence-corrected chi connectivity index (χ3v) is 4.33. The summed E-state index contributed by atoms with van der Waals surface area (Å²) in [5.74, 6) is 0. The van der Waals surface area contributed by atoms with Crippen molar-refractivity contribution in [1.29, 1.82) is 0 Å². The van der Waals surface area contributed by atoms with Crippen molar-refractivity contribution in [3.05, 3.63) is 59.2 Å². The van der Waals surface area contributed by atoms with Crippen molar-refractivity contribution in [2.24, 2.45) is 0 Å². The smallest absolute Gasteiger partial charge is 0.00760 e. The van der Waals surface area contributed by atoms with Crippen LogP contribution < -0.4 is 0 Å². The number of fused-ring (bicyclic) bond motifs is 5. The van der Waals surface area contributed by atoms with Crippen molar-refractivity contribution in [3.8, 4) is 0 Å². The molecule has 0 atom stereocenters. The fourth-order valence-electron chi connectivity index (χ4n) is 3.47. The largest absolute Gasteiger partial charge is 0.0614 e. The molecule has 0 saturated heterocycles. The normalized spacial score (nSPS) is 14.3. The van der Waals surface area contributed by atoms with Crippen LogP contribution >= 0.6 is 0 Å². The van der Waals surface area contributed by atoms with Gasteiger partial charge in [0.2, 0.25) is 0 Å². The molecule has 0 fully saturated rings. The van der Waals surface area contributed by atoms with Gasteiger partial charge < -0.3 is 0 Å². The van der Waals surface area contributed by atoms with Gasteiger partial charge in [-0.1, -0.05) is 42.5 Å². The number of hydrogen-bond acceptors (Lipinski definition) is 0. The summed E-state index contributed by atoms with van der Waals surface area (Å²) in [6, 6.07) is 15.9. The lowest BCUT2D eigenvalue weighted by Crippen LogP contribution is -1.87. The van der Waals surface area contributed by atoms with Crippen LogP contribution in [0, 0.1) is 6.92 Å². The number of hydrogen-bond donors (Lipinski definition) is 0. The lowest BCUT2D eigenvalue weighted by Gasteiger charge is -2.10. The van der Waals surface area contributed by atoms with Gasteiger partial charge in [-0.05, 0) is 64.4 Å². The van der Waals surface area contributed by atoms with Crippen molar-refractivity contribution >= 4 is 21.5 Å². The Hall–Kier alpha value is -1.82. The highest BCUT2D eigenvalue weighted by molar-refractivity contribution is 6.10. The van der Waals surface area contributed by atoms with Crippen LogP contribution in [0.5, 0.6) is 0 Å². The minimum Gasteiger partial charge on any atom is -0.0614 e. The Bertz CT molecular complexity index is 766. The molecule has 0 heterocycles. The third-order valence-electron chi connectivity index (χ3n) is 4.33. The predicted molar refractivity (Wildman–Crippen MR) is 78.2 cm³/mol. The summed E-state index contributed by atoms with van der Waals surface area (Å²) in [5, 5.41) is 5.71. The molecule has 0 bridgehead atoms. The average Bonchev–Trinajstić information content (AvgIpc) is 2.86. The van der Waals surface area contributed by atoms with Gasteiger partial charge in [0.15, 0.2) is 0 Å². The molecule has 0 amide bonds. The van der Waals surface area contributed by atoms with E-state index in [-0.39, 0.29) is 0 Å². The first-order valence-corrected chi connectivity index (χ1v) is 6.77. The molecule has 4 rings (SSSR count). The second-order valence-corrected chi connectivity index (χ2v) is 5.39. The molecule has 0 radical (unpaired) electrons. The van der Waals surface area contributed by atoms with E-state index in [0.29, 0.717) is 0 Å². The maximum Gasteiger partial charge on any atom is -0.00760 e. The number of benzene rings is 3. The third kappa shape index (κ3) is 1.26. The van der Waals surface area contributed by atoms with E-state index in [4.69, 9.17) is 0 Å². The van der Waals surface area contributed by atoms with E-state index < -0.39 is 0 Å². The molecule has 1 aliphatic rings. The Morgan fingerprint density at radius 1 is 0.833 bits per heavy atom. The van der Waals surface area contributed by atoms with Gasteiger partial charge in [0.25, 0.3) is 0 Å². The maximum atomic E-state index is 2.34. The van der Waals surface area contributed by atoms with Gasteiger partial charge in [0.1, 0.15) is 0 Å². The molecule has 0 nitrogen and oxygen atoms in total. The lowest BCUT2D eigenvalue weighted by atomic mass is 9.94. The molecule has 0 N–H and O–H groups in total. The lowest BCUT2D eigenvalue weighted by molar-refractivity contribution is 0.913. The molecular formula is C18H16. The Labute approximate surface area is 107 Å². The summed E-state index contributed by atoms with van der Waals surface area (Å²) in [7, 11) is 0. The van der Waals surface area contributed by atoms with Gasteiger partial charge in [-0.15, -0.1) is 0 Å². The summed E-state index contributed by atoms with van der Waals surface area (Å²) >= 11 is 0.